The van der Waals surface area contributed by atoms with Crippen LogP contribution in [0.1, 0.15) is 51.3 Å². The van der Waals surface area contributed by atoms with E-state index in [1.807, 2.05) is 48.5 Å². The second-order valence-electron chi connectivity index (χ2n) is 9.55. The van der Waals surface area contributed by atoms with Crippen LogP contribution >= 0.6 is 0 Å². The quantitative estimate of drug-likeness (QED) is 0.524. The Morgan fingerprint density at radius 2 is 1.53 bits per heavy atom. The molecule has 0 aliphatic rings. The molecule has 1 atom stereocenters. The molecule has 0 radical (unpaired) electrons. The predicted molar refractivity (Wildman–Crippen MR) is 127 cm³/mol. The summed E-state index contributed by atoms with van der Waals surface area (Å²) >= 11 is 0. The summed E-state index contributed by atoms with van der Waals surface area (Å²) in [5.74, 6) is -1.10. The lowest BCUT2D eigenvalue weighted by Crippen LogP contribution is -2.44. The first-order valence-electron chi connectivity index (χ1n) is 10.8. The summed E-state index contributed by atoms with van der Waals surface area (Å²) in [6, 6.07) is 21.2. The molecule has 0 aromatic heterocycles. The molecule has 0 unspecified atom stereocenters. The largest absolute Gasteiger partial charge is 0.480 e. The molecular weight excluding hydrogens is 402 g/mol. The van der Waals surface area contributed by atoms with Gasteiger partial charge in [-0.25, -0.2) is 9.59 Å². The molecule has 0 bridgehead atoms. The number of carboxylic acid groups (broad SMARTS) is 1. The van der Waals surface area contributed by atoms with E-state index >= 15 is 0 Å². The summed E-state index contributed by atoms with van der Waals surface area (Å²) in [4.78, 5) is 24.2. The Hall–Kier alpha value is -3.34. The molecule has 3 aromatic rings. The lowest BCUT2D eigenvalue weighted by atomic mass is 9.75. The van der Waals surface area contributed by atoms with Crippen LogP contribution in [-0.4, -0.2) is 28.8 Å². The van der Waals surface area contributed by atoms with E-state index in [0.717, 1.165) is 21.9 Å². The van der Waals surface area contributed by atoms with E-state index in [-0.39, 0.29) is 11.8 Å². The fourth-order valence-corrected chi connectivity index (χ4v) is 3.99. The summed E-state index contributed by atoms with van der Waals surface area (Å²) in [6.45, 7) is 9.56. The number of alkyl carbamates (subject to hydrolysis) is 1. The molecule has 2 N–H and O–H groups in total. The average Bonchev–Trinajstić information content (AvgIpc) is 2.72. The molecule has 0 saturated carbocycles. The lowest BCUT2D eigenvalue weighted by molar-refractivity contribution is -0.139. The van der Waals surface area contributed by atoms with E-state index in [9.17, 15) is 14.7 Å². The summed E-state index contributed by atoms with van der Waals surface area (Å²) < 4.78 is 5.27. The van der Waals surface area contributed by atoms with Crippen LogP contribution in [0, 0.1) is 0 Å². The normalized spacial score (nSPS) is 12.9. The SMILES string of the molecule is CC(C)(C)OC(=O)N[C@@H](Cc1cccc2cccc(C(C)(C)c3ccccc3)c12)C(=O)O. The molecule has 5 nitrogen and oxygen atoms in total. The van der Waals surface area contributed by atoms with E-state index in [0.29, 0.717) is 0 Å². The molecule has 3 rings (SSSR count). The van der Waals surface area contributed by atoms with Crippen molar-refractivity contribution in [2.45, 2.75) is 58.1 Å². The van der Waals surface area contributed by atoms with Crippen LogP contribution in [0.15, 0.2) is 66.7 Å². The second kappa shape index (κ2) is 9.03. The van der Waals surface area contributed by atoms with Crippen LogP contribution in [0.3, 0.4) is 0 Å². The van der Waals surface area contributed by atoms with Crippen molar-refractivity contribution in [3.63, 3.8) is 0 Å². The highest BCUT2D eigenvalue weighted by atomic mass is 16.6. The van der Waals surface area contributed by atoms with Crippen LogP contribution in [0.5, 0.6) is 0 Å². The van der Waals surface area contributed by atoms with Crippen molar-refractivity contribution in [3.05, 3.63) is 83.4 Å². The number of carbonyl (C=O) groups is 2. The van der Waals surface area contributed by atoms with Crippen molar-refractivity contribution in [3.8, 4) is 0 Å². The highest BCUT2D eigenvalue weighted by Crippen LogP contribution is 2.37. The number of benzene rings is 3. The molecule has 0 heterocycles. The number of nitrogens with one attached hydrogen (secondary N) is 1. The van der Waals surface area contributed by atoms with Crippen molar-refractivity contribution in [1.82, 2.24) is 5.32 Å². The van der Waals surface area contributed by atoms with Gasteiger partial charge in [-0.05, 0) is 48.2 Å². The number of hydrogen-bond acceptors (Lipinski definition) is 3. The van der Waals surface area contributed by atoms with Gasteiger partial charge in [0.05, 0.1) is 0 Å². The Morgan fingerprint density at radius 3 is 2.12 bits per heavy atom. The monoisotopic (exact) mass is 433 g/mol. The smallest absolute Gasteiger partial charge is 0.408 e. The summed E-state index contributed by atoms with van der Waals surface area (Å²) in [6.07, 6.45) is -0.594. The molecule has 0 fully saturated rings. The van der Waals surface area contributed by atoms with Gasteiger partial charge in [0, 0.05) is 11.8 Å². The van der Waals surface area contributed by atoms with E-state index in [1.165, 1.54) is 5.56 Å². The van der Waals surface area contributed by atoms with E-state index in [4.69, 9.17) is 4.74 Å². The van der Waals surface area contributed by atoms with Gasteiger partial charge >= 0.3 is 12.1 Å². The number of carboxylic acids is 1. The fraction of sp³-hybridized carbons (Fsp3) is 0.333. The number of hydrogen-bond donors (Lipinski definition) is 2. The summed E-state index contributed by atoms with van der Waals surface area (Å²) in [5.41, 5.74) is 2.14. The minimum Gasteiger partial charge on any atom is -0.480 e. The third kappa shape index (κ3) is 5.28. The van der Waals surface area contributed by atoms with Crippen molar-refractivity contribution in [1.29, 1.82) is 0 Å². The summed E-state index contributed by atoms with van der Waals surface area (Å²) in [5, 5.41) is 14.4. The first-order valence-corrected chi connectivity index (χ1v) is 10.8. The highest BCUT2D eigenvalue weighted by molar-refractivity contribution is 5.91. The maximum Gasteiger partial charge on any atom is 0.408 e. The Labute approximate surface area is 189 Å². The van der Waals surface area contributed by atoms with Gasteiger partial charge in [0.1, 0.15) is 11.6 Å². The Balaban J connectivity index is 2.04. The standard InChI is InChI=1S/C27H31NO4/c1-26(2,3)32-25(31)28-22(24(29)30)17-19-13-9-11-18-12-10-16-21(23(18)19)27(4,5)20-14-7-6-8-15-20/h6-16,22H,17H2,1-5H3,(H,28,31)(H,29,30)/t22-/m0/s1. The van der Waals surface area contributed by atoms with E-state index in [1.54, 1.807) is 20.8 Å². The molecular formula is C27H31NO4. The molecule has 168 valence electrons. The first-order chi connectivity index (χ1) is 15.0. The predicted octanol–water partition coefficient (Wildman–Crippen LogP) is 5.69. The van der Waals surface area contributed by atoms with Gasteiger partial charge in [-0.2, -0.15) is 0 Å². The van der Waals surface area contributed by atoms with Gasteiger partial charge in [-0.15, -0.1) is 0 Å². The van der Waals surface area contributed by atoms with Crippen molar-refractivity contribution in [2.75, 3.05) is 0 Å². The maximum absolute atomic E-state index is 12.2. The van der Waals surface area contributed by atoms with Crippen LogP contribution in [0.2, 0.25) is 0 Å². The number of fused-ring (bicyclic) bond motifs is 1. The molecule has 0 saturated heterocycles. The Morgan fingerprint density at radius 1 is 0.906 bits per heavy atom. The molecule has 0 aliphatic carbocycles. The highest BCUT2D eigenvalue weighted by Gasteiger charge is 2.28. The van der Waals surface area contributed by atoms with Crippen molar-refractivity contribution < 1.29 is 19.4 Å². The fourth-order valence-electron chi connectivity index (χ4n) is 3.99. The van der Waals surface area contributed by atoms with Crippen molar-refractivity contribution >= 4 is 22.8 Å². The first kappa shape index (κ1) is 23.3. The maximum atomic E-state index is 12.2. The minimum absolute atomic E-state index is 0.147. The molecule has 0 spiro atoms. The third-order valence-electron chi connectivity index (χ3n) is 5.57. The average molecular weight is 434 g/mol. The third-order valence-corrected chi connectivity index (χ3v) is 5.57. The Kier molecular flexibility index (Phi) is 6.58. The number of rotatable bonds is 6. The van der Waals surface area contributed by atoms with Crippen LogP contribution in [0.25, 0.3) is 10.8 Å². The van der Waals surface area contributed by atoms with Gasteiger partial charge < -0.3 is 15.2 Å². The van der Waals surface area contributed by atoms with Crippen LogP contribution in [-0.2, 0) is 21.4 Å². The van der Waals surface area contributed by atoms with E-state index < -0.39 is 23.7 Å². The van der Waals surface area contributed by atoms with Gasteiger partial charge in [-0.3, -0.25) is 0 Å². The number of aliphatic carboxylic acids is 1. The van der Waals surface area contributed by atoms with Gasteiger partial charge in [0.2, 0.25) is 0 Å². The van der Waals surface area contributed by atoms with Crippen LogP contribution in [0.4, 0.5) is 4.79 Å². The van der Waals surface area contributed by atoms with Gasteiger partial charge in [0.15, 0.2) is 0 Å². The molecule has 32 heavy (non-hydrogen) atoms. The van der Waals surface area contributed by atoms with Crippen molar-refractivity contribution in [2.24, 2.45) is 0 Å². The molecule has 3 aromatic carbocycles. The molecule has 0 aliphatic heterocycles. The second-order valence-corrected chi connectivity index (χ2v) is 9.55. The minimum atomic E-state index is -1.11. The summed E-state index contributed by atoms with van der Waals surface area (Å²) in [7, 11) is 0. The zero-order valence-corrected chi connectivity index (χ0v) is 19.3. The zero-order chi connectivity index (χ0) is 23.5. The number of carbonyl (C=O) groups excluding carboxylic acids is 1. The molecule has 5 heteroatoms. The van der Waals surface area contributed by atoms with Gasteiger partial charge in [0.25, 0.3) is 0 Å². The van der Waals surface area contributed by atoms with Gasteiger partial charge in [-0.1, -0.05) is 80.6 Å². The number of amides is 1. The Bertz CT molecular complexity index is 1110. The molecule has 1 amide bonds. The lowest BCUT2D eigenvalue weighted by Gasteiger charge is -2.29. The zero-order valence-electron chi connectivity index (χ0n) is 19.3. The van der Waals surface area contributed by atoms with Crippen LogP contribution < -0.4 is 5.32 Å². The number of ether oxygens (including phenoxy) is 1. The topological polar surface area (TPSA) is 75.6 Å². The van der Waals surface area contributed by atoms with E-state index in [2.05, 4.69) is 37.4 Å².